The fourth-order valence-electron chi connectivity index (χ4n) is 4.32. The number of benzene rings is 1. The van der Waals surface area contributed by atoms with Crippen molar-refractivity contribution >= 4 is 0 Å². The number of rotatable bonds is 5. The second-order valence-electron chi connectivity index (χ2n) is 6.42. The van der Waals surface area contributed by atoms with Gasteiger partial charge in [0.25, 0.3) is 0 Å². The van der Waals surface area contributed by atoms with E-state index in [4.69, 9.17) is 0 Å². The molecule has 2 fully saturated rings. The molecule has 0 amide bonds. The highest BCUT2D eigenvalue weighted by Gasteiger charge is 2.40. The van der Waals surface area contributed by atoms with Crippen LogP contribution in [-0.4, -0.2) is 6.54 Å². The highest BCUT2D eigenvalue weighted by molar-refractivity contribution is 5.23. The molecule has 2 saturated carbocycles. The summed E-state index contributed by atoms with van der Waals surface area (Å²) in [5, 5.41) is 3.35. The summed E-state index contributed by atoms with van der Waals surface area (Å²) in [5.41, 5.74) is 0.495. The first-order valence-electron chi connectivity index (χ1n) is 7.86. The van der Waals surface area contributed by atoms with E-state index in [0.717, 1.165) is 24.8 Å². The van der Waals surface area contributed by atoms with Crippen LogP contribution in [0.15, 0.2) is 18.2 Å². The Morgan fingerprint density at radius 1 is 1.25 bits per heavy atom. The molecule has 0 radical (unpaired) electrons. The molecule has 1 N–H and O–H groups in total. The van der Waals surface area contributed by atoms with Gasteiger partial charge in [0.1, 0.15) is 0 Å². The lowest BCUT2D eigenvalue weighted by Gasteiger charge is -2.27. The molecule has 4 atom stereocenters. The van der Waals surface area contributed by atoms with Crippen molar-refractivity contribution in [1.29, 1.82) is 0 Å². The number of fused-ring (bicyclic) bond motifs is 2. The molecule has 3 heteroatoms. The Morgan fingerprint density at radius 3 is 2.75 bits per heavy atom. The zero-order valence-electron chi connectivity index (χ0n) is 12.0. The fraction of sp³-hybridized carbons (Fsp3) is 0.647. The standard InChI is InChI=1S/C17H23F2N/c1-2-20-16(14-4-3-5-15(18)17(14)19)10-13-9-11-6-7-12(13)8-11/h3-5,11-13,16,20H,2,6-10H2,1H3. The normalized spacial score (nSPS) is 29.9. The van der Waals surface area contributed by atoms with Gasteiger partial charge in [0, 0.05) is 11.6 Å². The van der Waals surface area contributed by atoms with E-state index in [0.29, 0.717) is 11.5 Å². The summed E-state index contributed by atoms with van der Waals surface area (Å²) in [4.78, 5) is 0. The largest absolute Gasteiger partial charge is 0.310 e. The van der Waals surface area contributed by atoms with Crippen molar-refractivity contribution in [3.05, 3.63) is 35.4 Å². The second-order valence-corrected chi connectivity index (χ2v) is 6.42. The zero-order valence-corrected chi connectivity index (χ0v) is 12.0. The summed E-state index contributed by atoms with van der Waals surface area (Å²) in [6, 6.07) is 4.47. The van der Waals surface area contributed by atoms with E-state index in [9.17, 15) is 8.78 Å². The smallest absolute Gasteiger partial charge is 0.163 e. The molecule has 1 nitrogen and oxygen atoms in total. The van der Waals surface area contributed by atoms with Gasteiger partial charge >= 0.3 is 0 Å². The van der Waals surface area contributed by atoms with Crippen LogP contribution in [0, 0.1) is 29.4 Å². The lowest BCUT2D eigenvalue weighted by atomic mass is 9.82. The molecule has 0 heterocycles. The lowest BCUT2D eigenvalue weighted by Crippen LogP contribution is -2.26. The van der Waals surface area contributed by atoms with Crippen LogP contribution in [0.4, 0.5) is 8.78 Å². The topological polar surface area (TPSA) is 12.0 Å². The van der Waals surface area contributed by atoms with Gasteiger partial charge in [-0.25, -0.2) is 8.78 Å². The van der Waals surface area contributed by atoms with Crippen molar-refractivity contribution in [3.8, 4) is 0 Å². The van der Waals surface area contributed by atoms with Gasteiger partial charge in [0.15, 0.2) is 11.6 Å². The molecule has 1 aromatic rings. The van der Waals surface area contributed by atoms with Crippen LogP contribution in [0.5, 0.6) is 0 Å². The molecule has 0 saturated heterocycles. The molecule has 2 aliphatic rings. The van der Waals surface area contributed by atoms with E-state index < -0.39 is 11.6 Å². The van der Waals surface area contributed by atoms with Crippen LogP contribution in [0.1, 0.15) is 50.6 Å². The minimum absolute atomic E-state index is 0.0555. The first-order valence-corrected chi connectivity index (χ1v) is 7.86. The molecule has 4 unspecified atom stereocenters. The number of hydrogen-bond donors (Lipinski definition) is 1. The molecule has 0 aliphatic heterocycles. The van der Waals surface area contributed by atoms with Crippen LogP contribution >= 0.6 is 0 Å². The predicted molar refractivity (Wildman–Crippen MR) is 76.3 cm³/mol. The molecular formula is C17H23F2N. The van der Waals surface area contributed by atoms with Gasteiger partial charge in [-0.15, -0.1) is 0 Å². The summed E-state index contributed by atoms with van der Waals surface area (Å²) in [6.45, 7) is 2.80. The Kier molecular flexibility index (Phi) is 4.06. The molecule has 0 spiro atoms. The van der Waals surface area contributed by atoms with Gasteiger partial charge in [-0.1, -0.05) is 25.5 Å². The van der Waals surface area contributed by atoms with Crippen molar-refractivity contribution in [1.82, 2.24) is 5.32 Å². The number of nitrogens with one attached hydrogen (secondary N) is 1. The van der Waals surface area contributed by atoms with Crippen molar-refractivity contribution in [2.75, 3.05) is 6.54 Å². The Labute approximate surface area is 119 Å². The van der Waals surface area contributed by atoms with Gasteiger partial charge in [-0.05, 0) is 56.0 Å². The molecular weight excluding hydrogens is 256 g/mol. The Hall–Kier alpha value is -0.960. The van der Waals surface area contributed by atoms with Crippen LogP contribution in [0.25, 0.3) is 0 Å². The third-order valence-corrected chi connectivity index (χ3v) is 5.23. The third-order valence-electron chi connectivity index (χ3n) is 5.23. The minimum atomic E-state index is -0.738. The van der Waals surface area contributed by atoms with Crippen LogP contribution in [0.3, 0.4) is 0 Å². The minimum Gasteiger partial charge on any atom is -0.310 e. The van der Waals surface area contributed by atoms with Gasteiger partial charge in [-0.3, -0.25) is 0 Å². The zero-order chi connectivity index (χ0) is 14.1. The van der Waals surface area contributed by atoms with E-state index in [2.05, 4.69) is 5.32 Å². The summed E-state index contributed by atoms with van der Waals surface area (Å²) in [6.07, 6.45) is 6.29. The average Bonchev–Trinajstić information content (AvgIpc) is 3.04. The molecule has 110 valence electrons. The fourth-order valence-corrected chi connectivity index (χ4v) is 4.32. The quantitative estimate of drug-likeness (QED) is 0.840. The van der Waals surface area contributed by atoms with Crippen molar-refractivity contribution in [2.24, 2.45) is 17.8 Å². The van der Waals surface area contributed by atoms with E-state index in [-0.39, 0.29) is 6.04 Å². The van der Waals surface area contributed by atoms with Gasteiger partial charge in [0.2, 0.25) is 0 Å². The molecule has 3 rings (SSSR count). The predicted octanol–water partition coefficient (Wildman–Crippen LogP) is 4.44. The lowest BCUT2D eigenvalue weighted by molar-refractivity contribution is 0.277. The van der Waals surface area contributed by atoms with Crippen LogP contribution in [0.2, 0.25) is 0 Å². The maximum atomic E-state index is 14.0. The first kappa shape index (κ1) is 14.0. The van der Waals surface area contributed by atoms with Gasteiger partial charge < -0.3 is 5.32 Å². The molecule has 20 heavy (non-hydrogen) atoms. The van der Waals surface area contributed by atoms with Crippen LogP contribution in [-0.2, 0) is 0 Å². The molecule has 0 aromatic heterocycles. The summed E-state index contributed by atoms with van der Waals surface area (Å²) >= 11 is 0. The Morgan fingerprint density at radius 2 is 2.10 bits per heavy atom. The Bertz CT molecular complexity index is 474. The summed E-state index contributed by atoms with van der Waals surface area (Å²) in [7, 11) is 0. The monoisotopic (exact) mass is 279 g/mol. The van der Waals surface area contributed by atoms with E-state index >= 15 is 0 Å². The summed E-state index contributed by atoms with van der Waals surface area (Å²) < 4.78 is 27.5. The number of hydrogen-bond acceptors (Lipinski definition) is 1. The maximum Gasteiger partial charge on any atom is 0.163 e. The molecule has 2 bridgehead atoms. The van der Waals surface area contributed by atoms with Gasteiger partial charge in [-0.2, -0.15) is 0 Å². The maximum absolute atomic E-state index is 14.0. The van der Waals surface area contributed by atoms with Crippen LogP contribution < -0.4 is 5.32 Å². The average molecular weight is 279 g/mol. The highest BCUT2D eigenvalue weighted by atomic mass is 19.2. The molecule has 2 aliphatic carbocycles. The van der Waals surface area contributed by atoms with E-state index in [1.54, 1.807) is 12.1 Å². The highest BCUT2D eigenvalue weighted by Crippen LogP contribution is 2.51. The second kappa shape index (κ2) is 5.80. The third kappa shape index (κ3) is 2.60. The van der Waals surface area contributed by atoms with Crippen molar-refractivity contribution in [3.63, 3.8) is 0 Å². The number of halogens is 2. The van der Waals surface area contributed by atoms with Crippen molar-refractivity contribution < 1.29 is 8.78 Å². The van der Waals surface area contributed by atoms with E-state index in [1.165, 1.54) is 31.7 Å². The van der Waals surface area contributed by atoms with Gasteiger partial charge in [0.05, 0.1) is 0 Å². The SMILES string of the molecule is CCNC(CC1CC2CCC1C2)c1cccc(F)c1F. The molecule has 1 aromatic carbocycles. The first-order chi connectivity index (χ1) is 9.69. The van der Waals surface area contributed by atoms with Crippen molar-refractivity contribution in [2.45, 2.75) is 45.1 Å². The summed E-state index contributed by atoms with van der Waals surface area (Å²) in [5.74, 6) is 0.975. The van der Waals surface area contributed by atoms with E-state index in [1.807, 2.05) is 6.92 Å². The Balaban J connectivity index is 1.77.